The van der Waals surface area contributed by atoms with Crippen molar-refractivity contribution in [2.24, 2.45) is 5.73 Å². The smallest absolute Gasteiger partial charge is 0.120 e. The van der Waals surface area contributed by atoms with E-state index in [0.717, 1.165) is 12.3 Å². The van der Waals surface area contributed by atoms with E-state index in [1.165, 1.54) is 5.56 Å². The molecule has 0 aliphatic carbocycles. The second kappa shape index (κ2) is 9.03. The standard InChI is InChI=1S/C17H30N2O2/c1-13(2)20-10-9-19(5)17(12-18)15-7-6-8-16(11-15)21-14(3)4/h6-8,11,13-14,17H,9-10,12,18H2,1-5H3. The molecule has 120 valence electrons. The Labute approximate surface area is 129 Å². The highest BCUT2D eigenvalue weighted by atomic mass is 16.5. The summed E-state index contributed by atoms with van der Waals surface area (Å²) < 4.78 is 11.4. The summed E-state index contributed by atoms with van der Waals surface area (Å²) in [6.45, 7) is 10.3. The first-order chi connectivity index (χ1) is 9.93. The van der Waals surface area contributed by atoms with Crippen molar-refractivity contribution in [3.63, 3.8) is 0 Å². The largest absolute Gasteiger partial charge is 0.491 e. The zero-order chi connectivity index (χ0) is 15.8. The van der Waals surface area contributed by atoms with Crippen LogP contribution in [0, 0.1) is 0 Å². The summed E-state index contributed by atoms with van der Waals surface area (Å²) in [6, 6.07) is 8.37. The maximum absolute atomic E-state index is 5.97. The van der Waals surface area contributed by atoms with E-state index in [9.17, 15) is 0 Å². The number of benzene rings is 1. The molecular weight excluding hydrogens is 264 g/mol. The Hall–Kier alpha value is -1.10. The van der Waals surface area contributed by atoms with Crippen LogP contribution in [0.1, 0.15) is 39.3 Å². The van der Waals surface area contributed by atoms with Gasteiger partial charge in [-0.05, 0) is 52.4 Å². The molecule has 1 atom stereocenters. The molecule has 1 rings (SSSR count). The predicted molar refractivity (Wildman–Crippen MR) is 87.7 cm³/mol. The molecule has 1 aromatic carbocycles. The van der Waals surface area contributed by atoms with Crippen molar-refractivity contribution in [1.82, 2.24) is 4.90 Å². The Morgan fingerprint density at radius 2 is 1.86 bits per heavy atom. The van der Waals surface area contributed by atoms with E-state index in [1.54, 1.807) is 0 Å². The molecule has 0 spiro atoms. The summed E-state index contributed by atoms with van der Waals surface area (Å²) in [7, 11) is 2.08. The van der Waals surface area contributed by atoms with Crippen LogP contribution in [-0.4, -0.2) is 43.9 Å². The fraction of sp³-hybridized carbons (Fsp3) is 0.647. The van der Waals surface area contributed by atoms with Gasteiger partial charge in [-0.3, -0.25) is 4.90 Å². The summed E-state index contributed by atoms with van der Waals surface area (Å²) in [5, 5.41) is 0. The normalized spacial score (nSPS) is 13.2. The average molecular weight is 294 g/mol. The van der Waals surface area contributed by atoms with Crippen LogP contribution in [0.15, 0.2) is 24.3 Å². The molecule has 1 aromatic rings. The monoisotopic (exact) mass is 294 g/mol. The first-order valence-electron chi connectivity index (χ1n) is 7.72. The SMILES string of the molecule is CC(C)OCCN(C)C(CN)c1cccc(OC(C)C)c1. The van der Waals surface area contributed by atoms with Crippen LogP contribution in [0.2, 0.25) is 0 Å². The Bertz CT molecular complexity index is 408. The van der Waals surface area contributed by atoms with Gasteiger partial charge in [-0.2, -0.15) is 0 Å². The van der Waals surface area contributed by atoms with Crippen molar-refractivity contribution in [3.05, 3.63) is 29.8 Å². The summed E-state index contributed by atoms with van der Waals surface area (Å²) in [5.41, 5.74) is 7.15. The highest BCUT2D eigenvalue weighted by Crippen LogP contribution is 2.23. The molecule has 4 nitrogen and oxygen atoms in total. The molecule has 0 fully saturated rings. The lowest BCUT2D eigenvalue weighted by atomic mass is 10.1. The number of nitrogens with two attached hydrogens (primary N) is 1. The van der Waals surface area contributed by atoms with Crippen LogP contribution in [0.25, 0.3) is 0 Å². The number of nitrogens with zero attached hydrogens (tertiary/aromatic N) is 1. The molecule has 0 aliphatic rings. The number of rotatable bonds is 9. The first-order valence-corrected chi connectivity index (χ1v) is 7.72. The van der Waals surface area contributed by atoms with E-state index in [4.69, 9.17) is 15.2 Å². The zero-order valence-corrected chi connectivity index (χ0v) is 14.0. The van der Waals surface area contributed by atoms with Gasteiger partial charge in [0.15, 0.2) is 0 Å². The Morgan fingerprint density at radius 3 is 2.43 bits per heavy atom. The average Bonchev–Trinajstić information content (AvgIpc) is 2.38. The van der Waals surface area contributed by atoms with Gasteiger partial charge < -0.3 is 15.2 Å². The molecule has 21 heavy (non-hydrogen) atoms. The van der Waals surface area contributed by atoms with Gasteiger partial charge in [0, 0.05) is 19.1 Å². The topological polar surface area (TPSA) is 47.7 Å². The van der Waals surface area contributed by atoms with Gasteiger partial charge >= 0.3 is 0 Å². The summed E-state index contributed by atoms with van der Waals surface area (Å²) in [4.78, 5) is 2.23. The van der Waals surface area contributed by atoms with Crippen LogP contribution in [0.3, 0.4) is 0 Å². The molecule has 0 amide bonds. The van der Waals surface area contributed by atoms with E-state index >= 15 is 0 Å². The molecule has 1 unspecified atom stereocenters. The third-order valence-electron chi connectivity index (χ3n) is 3.27. The first kappa shape index (κ1) is 18.0. The number of hydrogen-bond acceptors (Lipinski definition) is 4. The van der Waals surface area contributed by atoms with Crippen LogP contribution >= 0.6 is 0 Å². The quantitative estimate of drug-likeness (QED) is 0.761. The minimum absolute atomic E-state index is 0.175. The molecule has 0 aromatic heterocycles. The fourth-order valence-corrected chi connectivity index (χ4v) is 2.23. The molecular formula is C17H30N2O2. The maximum Gasteiger partial charge on any atom is 0.120 e. The summed E-state index contributed by atoms with van der Waals surface area (Å²) in [6.07, 6.45) is 0.436. The maximum atomic E-state index is 5.97. The molecule has 4 heteroatoms. The second-order valence-corrected chi connectivity index (χ2v) is 5.89. The van der Waals surface area contributed by atoms with E-state index < -0.39 is 0 Å². The van der Waals surface area contributed by atoms with Crippen LogP contribution < -0.4 is 10.5 Å². The third-order valence-corrected chi connectivity index (χ3v) is 3.27. The zero-order valence-electron chi connectivity index (χ0n) is 14.0. The number of likely N-dealkylation sites (N-methyl/N-ethyl adjacent to an activating group) is 1. The van der Waals surface area contributed by atoms with Crippen molar-refractivity contribution in [2.75, 3.05) is 26.7 Å². The lowest BCUT2D eigenvalue weighted by molar-refractivity contribution is 0.0564. The fourth-order valence-electron chi connectivity index (χ4n) is 2.23. The van der Waals surface area contributed by atoms with E-state index in [1.807, 2.05) is 39.8 Å². The highest BCUT2D eigenvalue weighted by molar-refractivity contribution is 5.31. The van der Waals surface area contributed by atoms with Crippen molar-refractivity contribution in [1.29, 1.82) is 0 Å². The van der Waals surface area contributed by atoms with E-state index in [-0.39, 0.29) is 18.2 Å². The lowest BCUT2D eigenvalue weighted by Gasteiger charge is -2.28. The minimum atomic E-state index is 0.175. The molecule has 0 radical (unpaired) electrons. The predicted octanol–water partition coefficient (Wildman–Crippen LogP) is 2.83. The molecule has 0 saturated heterocycles. The molecule has 2 N–H and O–H groups in total. The molecule has 0 saturated carbocycles. The Morgan fingerprint density at radius 1 is 1.14 bits per heavy atom. The van der Waals surface area contributed by atoms with Crippen LogP contribution in [0.5, 0.6) is 5.75 Å². The van der Waals surface area contributed by atoms with Crippen molar-refractivity contribution >= 4 is 0 Å². The van der Waals surface area contributed by atoms with Gasteiger partial charge in [0.2, 0.25) is 0 Å². The lowest BCUT2D eigenvalue weighted by Crippen LogP contribution is -2.33. The summed E-state index contributed by atoms with van der Waals surface area (Å²) in [5.74, 6) is 0.896. The van der Waals surface area contributed by atoms with Crippen molar-refractivity contribution in [2.45, 2.75) is 45.9 Å². The Balaban J connectivity index is 2.69. The van der Waals surface area contributed by atoms with Crippen LogP contribution in [-0.2, 0) is 4.74 Å². The number of ether oxygens (including phenoxy) is 2. The second-order valence-electron chi connectivity index (χ2n) is 5.89. The van der Waals surface area contributed by atoms with Crippen molar-refractivity contribution < 1.29 is 9.47 Å². The van der Waals surface area contributed by atoms with Gasteiger partial charge in [0.05, 0.1) is 18.8 Å². The minimum Gasteiger partial charge on any atom is -0.491 e. The summed E-state index contributed by atoms with van der Waals surface area (Å²) >= 11 is 0. The highest BCUT2D eigenvalue weighted by Gasteiger charge is 2.16. The third kappa shape index (κ3) is 6.46. The van der Waals surface area contributed by atoms with Crippen LogP contribution in [0.4, 0.5) is 0 Å². The van der Waals surface area contributed by atoms with Gasteiger partial charge in [-0.25, -0.2) is 0 Å². The molecule has 0 aliphatic heterocycles. The molecule has 0 heterocycles. The van der Waals surface area contributed by atoms with Gasteiger partial charge in [0.25, 0.3) is 0 Å². The van der Waals surface area contributed by atoms with E-state index in [0.29, 0.717) is 13.2 Å². The van der Waals surface area contributed by atoms with Gasteiger partial charge in [-0.1, -0.05) is 12.1 Å². The van der Waals surface area contributed by atoms with Gasteiger partial charge in [0.1, 0.15) is 5.75 Å². The van der Waals surface area contributed by atoms with E-state index in [2.05, 4.69) is 24.1 Å². The van der Waals surface area contributed by atoms with Gasteiger partial charge in [-0.15, -0.1) is 0 Å². The molecule has 0 bridgehead atoms. The number of hydrogen-bond donors (Lipinski definition) is 1. The Kier molecular flexibility index (Phi) is 7.72. The van der Waals surface area contributed by atoms with Crippen molar-refractivity contribution in [3.8, 4) is 5.75 Å².